The van der Waals surface area contributed by atoms with E-state index in [9.17, 15) is 0 Å². The molecule has 0 atom stereocenters. The molecule has 0 saturated heterocycles. The van der Waals surface area contributed by atoms with E-state index in [0.717, 1.165) is 33.5 Å². The minimum absolute atomic E-state index is 0.429. The van der Waals surface area contributed by atoms with Gasteiger partial charge in [-0.3, -0.25) is 0 Å². The van der Waals surface area contributed by atoms with Crippen molar-refractivity contribution in [2.75, 3.05) is 0 Å². The van der Waals surface area contributed by atoms with Crippen LogP contribution in [0.2, 0.25) is 0 Å². The molecule has 276 valence electrons. The number of rotatable bonds is 7. The standard InChI is InChI=1S/C57H38N2/c1-5-17-39(18-6-1)40-29-31-41(32-30-40)54-38-55(59-56(58-54)42-19-7-2-8-20-42)50-35-34-46(47-25-13-14-26-48(47)50)43-33-36-53-51(37-43)49-27-15-16-28-52(49)57(53,44-21-9-3-10-22-44)45-23-11-4-12-24-45/h1-38H. The molecule has 0 amide bonds. The largest absolute Gasteiger partial charge is 0.228 e. The van der Waals surface area contributed by atoms with E-state index in [1.165, 1.54) is 61.0 Å². The smallest absolute Gasteiger partial charge is 0.160 e. The van der Waals surface area contributed by atoms with E-state index in [-0.39, 0.29) is 0 Å². The van der Waals surface area contributed by atoms with E-state index in [1.54, 1.807) is 0 Å². The van der Waals surface area contributed by atoms with Crippen molar-refractivity contribution < 1.29 is 0 Å². The summed E-state index contributed by atoms with van der Waals surface area (Å²) in [5.41, 5.74) is 16.9. The van der Waals surface area contributed by atoms with Crippen LogP contribution in [0.4, 0.5) is 0 Å². The molecule has 0 bridgehead atoms. The average Bonchev–Trinajstić information content (AvgIpc) is 3.62. The van der Waals surface area contributed by atoms with Crippen molar-refractivity contribution in [2.24, 2.45) is 0 Å². The first-order valence-electron chi connectivity index (χ1n) is 20.2. The highest BCUT2D eigenvalue weighted by molar-refractivity contribution is 6.05. The Bertz CT molecular complexity index is 3080. The molecule has 0 unspecified atom stereocenters. The van der Waals surface area contributed by atoms with Crippen LogP contribution in [0.25, 0.3) is 78.1 Å². The van der Waals surface area contributed by atoms with Crippen molar-refractivity contribution in [1.82, 2.24) is 9.97 Å². The lowest BCUT2D eigenvalue weighted by molar-refractivity contribution is 0.768. The van der Waals surface area contributed by atoms with Gasteiger partial charge in [0.25, 0.3) is 0 Å². The molecule has 0 saturated carbocycles. The third-order valence-electron chi connectivity index (χ3n) is 12.0. The van der Waals surface area contributed by atoms with Crippen molar-refractivity contribution in [3.05, 3.63) is 253 Å². The first-order chi connectivity index (χ1) is 29.3. The van der Waals surface area contributed by atoms with Gasteiger partial charge in [0.2, 0.25) is 0 Å². The first-order valence-corrected chi connectivity index (χ1v) is 20.2. The molecule has 2 heteroatoms. The second-order valence-corrected chi connectivity index (χ2v) is 15.3. The topological polar surface area (TPSA) is 25.8 Å². The van der Waals surface area contributed by atoms with Gasteiger partial charge >= 0.3 is 0 Å². The minimum Gasteiger partial charge on any atom is -0.228 e. The van der Waals surface area contributed by atoms with Crippen molar-refractivity contribution >= 4 is 10.8 Å². The molecule has 0 fully saturated rings. The molecule has 1 aromatic heterocycles. The molecule has 0 aliphatic heterocycles. The molecule has 59 heavy (non-hydrogen) atoms. The van der Waals surface area contributed by atoms with Crippen molar-refractivity contribution in [3.63, 3.8) is 0 Å². The van der Waals surface area contributed by atoms with Gasteiger partial charge in [-0.1, -0.05) is 218 Å². The zero-order valence-corrected chi connectivity index (χ0v) is 32.3. The van der Waals surface area contributed by atoms with Gasteiger partial charge < -0.3 is 0 Å². The summed E-state index contributed by atoms with van der Waals surface area (Å²) in [6, 6.07) is 82.9. The summed E-state index contributed by atoms with van der Waals surface area (Å²) in [4.78, 5) is 10.4. The second kappa shape index (κ2) is 14.4. The monoisotopic (exact) mass is 750 g/mol. The fraction of sp³-hybridized carbons (Fsp3) is 0.0175. The molecule has 10 aromatic rings. The fourth-order valence-corrected chi connectivity index (χ4v) is 9.30. The van der Waals surface area contributed by atoms with Gasteiger partial charge in [-0.2, -0.15) is 0 Å². The van der Waals surface area contributed by atoms with Crippen LogP contribution < -0.4 is 0 Å². The van der Waals surface area contributed by atoms with Crippen LogP contribution >= 0.6 is 0 Å². The summed E-state index contributed by atoms with van der Waals surface area (Å²) in [6.45, 7) is 0. The van der Waals surface area contributed by atoms with Crippen LogP contribution in [0.5, 0.6) is 0 Å². The third kappa shape index (κ3) is 5.80. The summed E-state index contributed by atoms with van der Waals surface area (Å²) >= 11 is 0. The Balaban J connectivity index is 1.06. The Morgan fingerprint density at radius 1 is 0.271 bits per heavy atom. The van der Waals surface area contributed by atoms with Crippen LogP contribution in [0.1, 0.15) is 22.3 Å². The predicted molar refractivity (Wildman–Crippen MR) is 244 cm³/mol. The summed E-state index contributed by atoms with van der Waals surface area (Å²) in [5, 5.41) is 2.33. The van der Waals surface area contributed by atoms with Crippen LogP contribution in [-0.2, 0) is 5.41 Å². The normalized spacial score (nSPS) is 12.5. The SMILES string of the molecule is c1ccc(-c2ccc(-c3cc(-c4ccc(-c5ccc6c(c5)-c5ccccc5C6(c5ccccc5)c5ccccc5)c5ccccc45)nc(-c4ccccc4)n3)cc2)cc1. The van der Waals surface area contributed by atoms with Gasteiger partial charge in [0.15, 0.2) is 5.82 Å². The second-order valence-electron chi connectivity index (χ2n) is 15.3. The third-order valence-corrected chi connectivity index (χ3v) is 12.0. The zero-order chi connectivity index (χ0) is 39.2. The summed E-state index contributed by atoms with van der Waals surface area (Å²) in [6.07, 6.45) is 0. The molecule has 0 radical (unpaired) electrons. The lowest BCUT2D eigenvalue weighted by Gasteiger charge is -2.33. The maximum atomic E-state index is 5.25. The van der Waals surface area contributed by atoms with E-state index in [2.05, 4.69) is 212 Å². The van der Waals surface area contributed by atoms with Gasteiger partial charge in [0.05, 0.1) is 16.8 Å². The van der Waals surface area contributed by atoms with E-state index in [1.807, 2.05) is 18.2 Å². The number of hydrogen-bond acceptors (Lipinski definition) is 2. The highest BCUT2D eigenvalue weighted by Gasteiger charge is 2.46. The summed E-state index contributed by atoms with van der Waals surface area (Å²) in [5.74, 6) is 0.705. The fourth-order valence-electron chi connectivity index (χ4n) is 9.30. The molecular weight excluding hydrogens is 713 g/mol. The van der Waals surface area contributed by atoms with Crippen molar-refractivity contribution in [3.8, 4) is 67.3 Å². The highest BCUT2D eigenvalue weighted by Crippen LogP contribution is 2.56. The maximum absolute atomic E-state index is 5.25. The molecule has 11 rings (SSSR count). The van der Waals surface area contributed by atoms with Crippen LogP contribution in [0, 0.1) is 0 Å². The Hall–Kier alpha value is -7.68. The Morgan fingerprint density at radius 2 is 0.746 bits per heavy atom. The number of nitrogens with zero attached hydrogens (tertiary/aromatic N) is 2. The zero-order valence-electron chi connectivity index (χ0n) is 32.3. The van der Waals surface area contributed by atoms with Crippen molar-refractivity contribution in [1.29, 1.82) is 0 Å². The predicted octanol–water partition coefficient (Wildman–Crippen LogP) is 14.3. The van der Waals surface area contributed by atoms with Crippen LogP contribution in [0.3, 0.4) is 0 Å². The van der Waals surface area contributed by atoms with Gasteiger partial charge in [-0.25, -0.2) is 9.97 Å². The summed E-state index contributed by atoms with van der Waals surface area (Å²) < 4.78 is 0. The molecular formula is C57H38N2. The Morgan fingerprint density at radius 3 is 1.42 bits per heavy atom. The van der Waals surface area contributed by atoms with Gasteiger partial charge in [-0.05, 0) is 78.5 Å². The number of aromatic nitrogens is 2. The molecule has 1 aliphatic rings. The van der Waals surface area contributed by atoms with Gasteiger partial charge in [0, 0.05) is 16.7 Å². The van der Waals surface area contributed by atoms with E-state index >= 15 is 0 Å². The molecule has 0 N–H and O–H groups in total. The molecule has 1 aliphatic carbocycles. The van der Waals surface area contributed by atoms with Crippen molar-refractivity contribution in [2.45, 2.75) is 5.41 Å². The maximum Gasteiger partial charge on any atom is 0.160 e. The summed E-state index contributed by atoms with van der Waals surface area (Å²) in [7, 11) is 0. The lowest BCUT2D eigenvalue weighted by Crippen LogP contribution is -2.28. The van der Waals surface area contributed by atoms with Gasteiger partial charge in [-0.15, -0.1) is 0 Å². The van der Waals surface area contributed by atoms with Gasteiger partial charge in [0.1, 0.15) is 0 Å². The molecule has 2 nitrogen and oxygen atoms in total. The number of hydrogen-bond donors (Lipinski definition) is 0. The van der Waals surface area contributed by atoms with E-state index in [0.29, 0.717) is 5.82 Å². The average molecular weight is 751 g/mol. The number of benzene rings is 9. The molecule has 1 heterocycles. The Labute approximate surface area is 344 Å². The van der Waals surface area contributed by atoms with Crippen LogP contribution in [-0.4, -0.2) is 9.97 Å². The quantitative estimate of drug-likeness (QED) is 0.162. The highest BCUT2D eigenvalue weighted by atomic mass is 14.9. The number of fused-ring (bicyclic) bond motifs is 4. The van der Waals surface area contributed by atoms with E-state index in [4.69, 9.17) is 9.97 Å². The Kier molecular flexibility index (Phi) is 8.41. The first kappa shape index (κ1) is 34.6. The lowest BCUT2D eigenvalue weighted by atomic mass is 9.67. The molecule has 9 aromatic carbocycles. The molecule has 0 spiro atoms. The minimum atomic E-state index is -0.429. The van der Waals surface area contributed by atoms with Crippen LogP contribution in [0.15, 0.2) is 231 Å². The van der Waals surface area contributed by atoms with E-state index < -0.39 is 5.41 Å².